The lowest BCUT2D eigenvalue weighted by Crippen LogP contribution is -2.24. The monoisotopic (exact) mass is 403 g/mol. The second-order valence-corrected chi connectivity index (χ2v) is 7.64. The average Bonchev–Trinajstić information content (AvgIpc) is 3.21. The van der Waals surface area contributed by atoms with Crippen LogP contribution in [0.4, 0.5) is 0 Å². The fourth-order valence-corrected chi connectivity index (χ4v) is 3.60. The van der Waals surface area contributed by atoms with Gasteiger partial charge >= 0.3 is 0 Å². The van der Waals surface area contributed by atoms with E-state index in [1.807, 2.05) is 0 Å². The molecule has 3 aromatic rings. The first-order chi connectivity index (χ1) is 13.5. The van der Waals surface area contributed by atoms with E-state index >= 15 is 0 Å². The zero-order valence-electron chi connectivity index (χ0n) is 14.9. The lowest BCUT2D eigenvalue weighted by molar-refractivity contribution is 0.171. The van der Waals surface area contributed by atoms with Crippen molar-refractivity contribution in [3.8, 4) is 28.6 Å². The van der Waals surface area contributed by atoms with Crippen LogP contribution >= 0.6 is 0 Å². The summed E-state index contributed by atoms with van der Waals surface area (Å²) in [5, 5.41) is 3.87. The highest BCUT2D eigenvalue weighted by Crippen LogP contribution is 2.32. The molecule has 1 aromatic heterocycles. The van der Waals surface area contributed by atoms with Crippen LogP contribution in [0.3, 0.4) is 0 Å². The molecule has 2 aromatic carbocycles. The molecule has 0 unspecified atom stereocenters. The summed E-state index contributed by atoms with van der Waals surface area (Å²) in [4.78, 5) is 4.27. The van der Waals surface area contributed by atoms with Gasteiger partial charge in [-0.25, -0.2) is 13.1 Å². The summed E-state index contributed by atoms with van der Waals surface area (Å²) >= 11 is 0. The van der Waals surface area contributed by atoms with Gasteiger partial charge in [0.15, 0.2) is 11.5 Å². The van der Waals surface area contributed by atoms with Crippen molar-refractivity contribution in [3.63, 3.8) is 0 Å². The topological polar surface area (TPSA) is 113 Å². The molecule has 10 heteroatoms. The normalized spacial score (nSPS) is 13.3. The van der Waals surface area contributed by atoms with Crippen molar-refractivity contribution >= 4 is 10.0 Å². The van der Waals surface area contributed by atoms with Gasteiger partial charge in [-0.2, -0.15) is 4.98 Å². The van der Waals surface area contributed by atoms with Gasteiger partial charge in [0.05, 0.1) is 18.6 Å². The van der Waals surface area contributed by atoms with Crippen molar-refractivity contribution < 1.29 is 27.2 Å². The Kier molecular flexibility index (Phi) is 4.88. The molecule has 4 rings (SSSR count). The number of fused-ring (bicyclic) bond motifs is 1. The Hall–Kier alpha value is -3.11. The molecule has 1 aliphatic rings. The van der Waals surface area contributed by atoms with Crippen LogP contribution in [-0.4, -0.2) is 38.9 Å². The number of hydrogen-bond donors (Lipinski definition) is 1. The Morgan fingerprint density at radius 1 is 1.07 bits per heavy atom. The summed E-state index contributed by atoms with van der Waals surface area (Å²) in [6.07, 6.45) is 0. The van der Waals surface area contributed by atoms with Gasteiger partial charge in [-0.05, 0) is 36.4 Å². The number of rotatable bonds is 6. The average molecular weight is 403 g/mol. The van der Waals surface area contributed by atoms with Gasteiger partial charge in [-0.3, -0.25) is 0 Å². The smallest absolute Gasteiger partial charge is 0.242 e. The standard InChI is InChI=1S/C18H17N3O6S/c1-24-13-4-2-12(3-5-13)18-20-17(27-21-18)11-19-28(22,23)14-6-7-15-16(10-14)26-9-8-25-15/h2-7,10,19H,8-9,11H2,1H3. The summed E-state index contributed by atoms with van der Waals surface area (Å²) in [6, 6.07) is 11.6. The Morgan fingerprint density at radius 2 is 1.82 bits per heavy atom. The van der Waals surface area contributed by atoms with Crippen molar-refractivity contribution in [2.45, 2.75) is 11.4 Å². The maximum absolute atomic E-state index is 12.5. The molecule has 2 heterocycles. The molecular formula is C18H17N3O6S. The summed E-state index contributed by atoms with van der Waals surface area (Å²) in [5.74, 6) is 2.13. The molecule has 28 heavy (non-hydrogen) atoms. The van der Waals surface area contributed by atoms with Gasteiger partial charge in [-0.1, -0.05) is 5.16 Å². The molecule has 0 radical (unpaired) electrons. The van der Waals surface area contributed by atoms with E-state index in [0.29, 0.717) is 36.3 Å². The zero-order valence-corrected chi connectivity index (χ0v) is 15.7. The van der Waals surface area contributed by atoms with Gasteiger partial charge in [0, 0.05) is 11.6 Å². The van der Waals surface area contributed by atoms with Crippen LogP contribution in [0.25, 0.3) is 11.4 Å². The van der Waals surface area contributed by atoms with Crippen LogP contribution in [-0.2, 0) is 16.6 Å². The predicted octanol–water partition coefficient (Wildman–Crippen LogP) is 1.99. The molecule has 0 saturated carbocycles. The zero-order chi connectivity index (χ0) is 19.6. The van der Waals surface area contributed by atoms with Crippen molar-refractivity contribution in [2.24, 2.45) is 0 Å². The summed E-state index contributed by atoms with van der Waals surface area (Å²) < 4.78 is 48.6. The number of nitrogens with zero attached hydrogens (tertiary/aromatic N) is 2. The molecule has 0 saturated heterocycles. The fourth-order valence-electron chi connectivity index (χ4n) is 2.61. The fraction of sp³-hybridized carbons (Fsp3) is 0.222. The highest BCUT2D eigenvalue weighted by Gasteiger charge is 2.20. The maximum Gasteiger partial charge on any atom is 0.242 e. The van der Waals surface area contributed by atoms with Crippen LogP contribution in [0.15, 0.2) is 51.9 Å². The third kappa shape index (κ3) is 3.78. The first kappa shape index (κ1) is 18.3. The molecule has 0 spiro atoms. The lowest BCUT2D eigenvalue weighted by Gasteiger charge is -2.18. The number of nitrogens with one attached hydrogen (secondary N) is 1. The van der Waals surface area contributed by atoms with E-state index < -0.39 is 10.0 Å². The number of methoxy groups -OCH3 is 1. The third-order valence-electron chi connectivity index (χ3n) is 4.05. The second kappa shape index (κ2) is 7.49. The van der Waals surface area contributed by atoms with E-state index in [1.165, 1.54) is 12.1 Å². The number of aromatic nitrogens is 2. The molecule has 0 bridgehead atoms. The first-order valence-electron chi connectivity index (χ1n) is 8.41. The number of benzene rings is 2. The molecule has 146 valence electrons. The van der Waals surface area contributed by atoms with E-state index in [-0.39, 0.29) is 17.3 Å². The van der Waals surface area contributed by atoms with E-state index in [9.17, 15) is 8.42 Å². The Bertz CT molecular complexity index is 1080. The van der Waals surface area contributed by atoms with Gasteiger partial charge in [0.25, 0.3) is 0 Å². The Labute approximate surface area is 161 Å². The number of sulfonamides is 1. The van der Waals surface area contributed by atoms with E-state index in [4.69, 9.17) is 18.7 Å². The van der Waals surface area contributed by atoms with Crippen molar-refractivity contribution in [2.75, 3.05) is 20.3 Å². The van der Waals surface area contributed by atoms with Crippen LogP contribution in [0.2, 0.25) is 0 Å². The molecule has 1 aliphatic heterocycles. The Balaban J connectivity index is 1.46. The van der Waals surface area contributed by atoms with Gasteiger partial charge in [-0.15, -0.1) is 0 Å². The minimum atomic E-state index is -3.79. The molecule has 0 amide bonds. The molecule has 0 atom stereocenters. The lowest BCUT2D eigenvalue weighted by atomic mass is 10.2. The minimum absolute atomic E-state index is 0.0617. The number of ether oxygens (including phenoxy) is 3. The molecule has 0 fully saturated rings. The first-order valence-corrected chi connectivity index (χ1v) is 9.90. The van der Waals surface area contributed by atoms with Crippen molar-refractivity contribution in [1.82, 2.24) is 14.9 Å². The van der Waals surface area contributed by atoms with Crippen molar-refractivity contribution in [1.29, 1.82) is 0 Å². The Morgan fingerprint density at radius 3 is 2.57 bits per heavy atom. The predicted molar refractivity (Wildman–Crippen MR) is 97.7 cm³/mol. The van der Waals surface area contributed by atoms with Crippen LogP contribution in [0.5, 0.6) is 17.2 Å². The van der Waals surface area contributed by atoms with Gasteiger partial charge < -0.3 is 18.7 Å². The quantitative estimate of drug-likeness (QED) is 0.665. The molecule has 0 aliphatic carbocycles. The molecule has 1 N–H and O–H groups in total. The summed E-state index contributed by atoms with van der Waals surface area (Å²) in [5.41, 5.74) is 0.727. The van der Waals surface area contributed by atoms with Crippen molar-refractivity contribution in [3.05, 3.63) is 48.4 Å². The number of hydrogen-bond acceptors (Lipinski definition) is 8. The minimum Gasteiger partial charge on any atom is -0.497 e. The third-order valence-corrected chi connectivity index (χ3v) is 5.45. The van der Waals surface area contributed by atoms with Gasteiger partial charge in [0.2, 0.25) is 21.7 Å². The van der Waals surface area contributed by atoms with E-state index in [1.54, 1.807) is 37.4 Å². The van der Waals surface area contributed by atoms with E-state index in [2.05, 4.69) is 14.9 Å². The molecular weight excluding hydrogens is 386 g/mol. The highest BCUT2D eigenvalue weighted by atomic mass is 32.2. The summed E-state index contributed by atoms with van der Waals surface area (Å²) in [6.45, 7) is 0.672. The molecule has 9 nitrogen and oxygen atoms in total. The van der Waals surface area contributed by atoms with Crippen LogP contribution in [0.1, 0.15) is 5.89 Å². The SMILES string of the molecule is COc1ccc(-c2noc(CNS(=O)(=O)c3ccc4c(c3)OCCO4)n2)cc1. The van der Waals surface area contributed by atoms with Crippen LogP contribution < -0.4 is 18.9 Å². The van der Waals surface area contributed by atoms with Crippen LogP contribution in [0, 0.1) is 0 Å². The van der Waals surface area contributed by atoms with E-state index in [0.717, 1.165) is 5.56 Å². The van der Waals surface area contributed by atoms with Gasteiger partial charge in [0.1, 0.15) is 19.0 Å². The second-order valence-electron chi connectivity index (χ2n) is 5.87. The summed E-state index contributed by atoms with van der Waals surface area (Å²) in [7, 11) is -2.21. The largest absolute Gasteiger partial charge is 0.497 e. The maximum atomic E-state index is 12.5. The highest BCUT2D eigenvalue weighted by molar-refractivity contribution is 7.89.